The summed E-state index contributed by atoms with van der Waals surface area (Å²) >= 11 is 0. The van der Waals surface area contributed by atoms with Gasteiger partial charge in [0.25, 0.3) is 0 Å². The van der Waals surface area contributed by atoms with Gasteiger partial charge in [-0.25, -0.2) is 0 Å². The summed E-state index contributed by atoms with van der Waals surface area (Å²) in [6.07, 6.45) is -0.647. The number of rotatable bonds is 10. The minimum Gasteiger partial charge on any atom is -0.497 e. The first kappa shape index (κ1) is 25.2. The standard InChI is InChI=1S/C22H31N3O3.HI/c1-4-23-22(25(2)15-18-10-12-21(27-3)13-11-18)24-14-20(26)17-28-16-19-8-6-5-7-9-19;/h5-13,20,26H,4,14-17H2,1-3H3,(H,23,24);1H. The molecule has 2 aromatic rings. The first-order valence-electron chi connectivity index (χ1n) is 9.54. The summed E-state index contributed by atoms with van der Waals surface area (Å²) in [5, 5.41) is 13.4. The number of benzene rings is 2. The van der Waals surface area contributed by atoms with E-state index in [1.54, 1.807) is 7.11 Å². The van der Waals surface area contributed by atoms with Crippen molar-refractivity contribution in [1.82, 2.24) is 10.2 Å². The van der Waals surface area contributed by atoms with Crippen molar-refractivity contribution < 1.29 is 14.6 Å². The summed E-state index contributed by atoms with van der Waals surface area (Å²) in [5.41, 5.74) is 2.24. The van der Waals surface area contributed by atoms with Crippen LogP contribution in [-0.2, 0) is 17.9 Å². The van der Waals surface area contributed by atoms with Crippen molar-refractivity contribution in [3.8, 4) is 5.75 Å². The number of methoxy groups -OCH3 is 1. The molecule has 160 valence electrons. The highest BCUT2D eigenvalue weighted by Crippen LogP contribution is 2.12. The van der Waals surface area contributed by atoms with Gasteiger partial charge in [0.15, 0.2) is 5.96 Å². The number of aliphatic hydroxyl groups is 1. The molecule has 2 rings (SSSR count). The third-order valence-electron chi connectivity index (χ3n) is 4.15. The molecule has 0 radical (unpaired) electrons. The zero-order valence-corrected chi connectivity index (χ0v) is 19.7. The van der Waals surface area contributed by atoms with Gasteiger partial charge in [0.2, 0.25) is 0 Å². The Balaban J connectivity index is 0.00000420. The molecule has 7 heteroatoms. The van der Waals surface area contributed by atoms with E-state index in [9.17, 15) is 5.11 Å². The Morgan fingerprint density at radius 3 is 2.41 bits per heavy atom. The van der Waals surface area contributed by atoms with Crippen LogP contribution in [0.3, 0.4) is 0 Å². The predicted molar refractivity (Wildman–Crippen MR) is 128 cm³/mol. The normalized spacial score (nSPS) is 12.1. The maximum absolute atomic E-state index is 10.2. The molecule has 0 heterocycles. The molecule has 0 aliphatic carbocycles. The minimum absolute atomic E-state index is 0. The molecule has 0 bridgehead atoms. The van der Waals surface area contributed by atoms with Crippen molar-refractivity contribution in [2.75, 3.05) is 33.9 Å². The lowest BCUT2D eigenvalue weighted by molar-refractivity contribution is 0.0330. The average molecular weight is 513 g/mol. The summed E-state index contributed by atoms with van der Waals surface area (Å²) in [7, 11) is 3.63. The highest BCUT2D eigenvalue weighted by Gasteiger charge is 2.09. The number of hydrogen-bond acceptors (Lipinski definition) is 4. The van der Waals surface area contributed by atoms with E-state index >= 15 is 0 Å². The second kappa shape index (κ2) is 14.2. The van der Waals surface area contributed by atoms with Gasteiger partial charge in [-0.15, -0.1) is 24.0 Å². The van der Waals surface area contributed by atoms with Gasteiger partial charge < -0.3 is 24.8 Å². The molecule has 0 fully saturated rings. The molecule has 6 nitrogen and oxygen atoms in total. The largest absolute Gasteiger partial charge is 0.497 e. The molecule has 0 aromatic heterocycles. The number of guanidine groups is 1. The number of nitrogens with one attached hydrogen (secondary N) is 1. The maximum Gasteiger partial charge on any atom is 0.194 e. The fourth-order valence-corrected chi connectivity index (χ4v) is 2.68. The third kappa shape index (κ3) is 9.47. The zero-order chi connectivity index (χ0) is 20.2. The Kier molecular flexibility index (Phi) is 12.3. The van der Waals surface area contributed by atoms with Crippen molar-refractivity contribution in [3.05, 3.63) is 65.7 Å². The van der Waals surface area contributed by atoms with Crippen molar-refractivity contribution in [2.45, 2.75) is 26.2 Å². The molecule has 0 amide bonds. The Labute approximate surface area is 191 Å². The summed E-state index contributed by atoms with van der Waals surface area (Å²) in [5.74, 6) is 1.59. The van der Waals surface area contributed by atoms with Gasteiger partial charge in [0.05, 0.1) is 33.0 Å². The highest BCUT2D eigenvalue weighted by atomic mass is 127. The lowest BCUT2D eigenvalue weighted by Gasteiger charge is -2.22. The molecule has 0 saturated heterocycles. The number of nitrogens with zero attached hydrogens (tertiary/aromatic N) is 2. The van der Waals surface area contributed by atoms with E-state index in [1.165, 1.54) is 0 Å². The van der Waals surface area contributed by atoms with Crippen LogP contribution in [0.2, 0.25) is 0 Å². The topological polar surface area (TPSA) is 66.3 Å². The van der Waals surface area contributed by atoms with Crippen molar-refractivity contribution in [2.24, 2.45) is 4.99 Å². The molecule has 0 spiro atoms. The first-order valence-corrected chi connectivity index (χ1v) is 9.54. The van der Waals surface area contributed by atoms with Crippen LogP contribution < -0.4 is 10.1 Å². The molecule has 0 aliphatic heterocycles. The number of hydrogen-bond donors (Lipinski definition) is 2. The van der Waals surface area contributed by atoms with Crippen LogP contribution >= 0.6 is 24.0 Å². The predicted octanol–water partition coefficient (Wildman–Crippen LogP) is 3.29. The van der Waals surface area contributed by atoms with Crippen LogP contribution in [0.15, 0.2) is 59.6 Å². The highest BCUT2D eigenvalue weighted by molar-refractivity contribution is 14.0. The Hall–Kier alpha value is -1.84. The van der Waals surface area contributed by atoms with Gasteiger partial charge in [0.1, 0.15) is 5.75 Å². The summed E-state index contributed by atoms with van der Waals surface area (Å²) in [6, 6.07) is 17.9. The molecule has 0 aliphatic rings. The summed E-state index contributed by atoms with van der Waals surface area (Å²) < 4.78 is 10.8. The van der Waals surface area contributed by atoms with Crippen LogP contribution in [-0.4, -0.2) is 55.9 Å². The van der Waals surface area contributed by atoms with Crippen molar-refractivity contribution >= 4 is 29.9 Å². The van der Waals surface area contributed by atoms with Gasteiger partial charge in [-0.3, -0.25) is 4.99 Å². The SMILES string of the molecule is CCNC(=NCC(O)COCc1ccccc1)N(C)Cc1ccc(OC)cc1.I. The molecule has 29 heavy (non-hydrogen) atoms. The van der Waals surface area contributed by atoms with E-state index in [2.05, 4.69) is 10.3 Å². The van der Waals surface area contributed by atoms with Crippen LogP contribution in [0.25, 0.3) is 0 Å². The van der Waals surface area contributed by atoms with Crippen LogP contribution in [0.4, 0.5) is 0 Å². The first-order chi connectivity index (χ1) is 13.6. The van der Waals surface area contributed by atoms with Crippen LogP contribution in [0.5, 0.6) is 5.75 Å². The Morgan fingerprint density at radius 1 is 1.10 bits per heavy atom. The molecular formula is C22H32IN3O3. The molecule has 1 unspecified atom stereocenters. The van der Waals surface area contributed by atoms with E-state index in [-0.39, 0.29) is 37.1 Å². The number of halogens is 1. The lowest BCUT2D eigenvalue weighted by atomic mass is 10.2. The molecular weight excluding hydrogens is 481 g/mol. The van der Waals surface area contributed by atoms with Gasteiger partial charge in [-0.2, -0.15) is 0 Å². The molecule has 2 aromatic carbocycles. The summed E-state index contributed by atoms with van der Waals surface area (Å²) in [6.45, 7) is 4.50. The van der Waals surface area contributed by atoms with Gasteiger partial charge in [-0.05, 0) is 30.2 Å². The second-order valence-corrected chi connectivity index (χ2v) is 6.55. The van der Waals surface area contributed by atoms with Gasteiger partial charge in [-0.1, -0.05) is 42.5 Å². The fraction of sp³-hybridized carbons (Fsp3) is 0.409. The van der Waals surface area contributed by atoms with Crippen molar-refractivity contribution in [3.63, 3.8) is 0 Å². The second-order valence-electron chi connectivity index (χ2n) is 6.55. The zero-order valence-electron chi connectivity index (χ0n) is 17.4. The van der Waals surface area contributed by atoms with E-state index in [1.807, 2.05) is 73.5 Å². The Bertz CT molecular complexity index is 711. The molecule has 1 atom stereocenters. The fourth-order valence-electron chi connectivity index (χ4n) is 2.68. The Morgan fingerprint density at radius 2 is 1.79 bits per heavy atom. The summed E-state index contributed by atoms with van der Waals surface area (Å²) in [4.78, 5) is 6.58. The monoisotopic (exact) mass is 513 g/mol. The van der Waals surface area contributed by atoms with Crippen LogP contribution in [0, 0.1) is 0 Å². The van der Waals surface area contributed by atoms with E-state index in [4.69, 9.17) is 9.47 Å². The van der Waals surface area contributed by atoms with Crippen LogP contribution in [0.1, 0.15) is 18.1 Å². The smallest absolute Gasteiger partial charge is 0.194 e. The quantitative estimate of drug-likeness (QED) is 0.290. The van der Waals surface area contributed by atoms with Crippen molar-refractivity contribution in [1.29, 1.82) is 0 Å². The average Bonchev–Trinajstić information content (AvgIpc) is 2.72. The minimum atomic E-state index is -0.647. The van der Waals surface area contributed by atoms with E-state index in [0.717, 1.165) is 29.4 Å². The van der Waals surface area contributed by atoms with E-state index < -0.39 is 6.10 Å². The molecule has 0 saturated carbocycles. The number of aliphatic hydroxyl groups excluding tert-OH is 1. The van der Waals surface area contributed by atoms with Gasteiger partial charge >= 0.3 is 0 Å². The van der Waals surface area contributed by atoms with Gasteiger partial charge in [0, 0.05) is 20.1 Å². The molecule has 2 N–H and O–H groups in total. The number of ether oxygens (including phenoxy) is 2. The lowest BCUT2D eigenvalue weighted by Crippen LogP contribution is -2.39. The van der Waals surface area contributed by atoms with E-state index in [0.29, 0.717) is 13.2 Å². The third-order valence-corrected chi connectivity index (χ3v) is 4.15. The number of aliphatic imine (C=N–C) groups is 1. The maximum atomic E-state index is 10.2.